The summed E-state index contributed by atoms with van der Waals surface area (Å²) in [4.78, 5) is 15.6. The van der Waals surface area contributed by atoms with Gasteiger partial charge < -0.3 is 14.9 Å². The molecule has 0 aromatic heterocycles. The zero-order valence-corrected chi connectivity index (χ0v) is 9.78. The van der Waals surface area contributed by atoms with E-state index in [0.29, 0.717) is 13.1 Å². The molecule has 0 unspecified atom stereocenters. The Hall–Kier alpha value is -0.770. The fourth-order valence-electron chi connectivity index (χ4n) is 1.91. The molecule has 0 aromatic carbocycles. The molecule has 1 aliphatic heterocycles. The number of likely N-dealkylation sites (N-methyl/N-ethyl adjacent to an activating group) is 1. The van der Waals surface area contributed by atoms with Crippen molar-refractivity contribution in [2.45, 2.75) is 26.7 Å². The fourth-order valence-corrected chi connectivity index (χ4v) is 1.91. The molecule has 4 heteroatoms. The number of aliphatic hydroxyl groups is 1. The van der Waals surface area contributed by atoms with Gasteiger partial charge in [0, 0.05) is 26.2 Å². The number of nitrogens with zero attached hydrogens (tertiary/aromatic N) is 2. The van der Waals surface area contributed by atoms with Crippen LogP contribution in [0.25, 0.3) is 0 Å². The monoisotopic (exact) mass is 214 g/mol. The number of carbonyl (C=O) groups excluding carboxylic acids is 1. The van der Waals surface area contributed by atoms with Crippen molar-refractivity contribution in [2.24, 2.45) is 5.92 Å². The van der Waals surface area contributed by atoms with E-state index in [-0.39, 0.29) is 12.6 Å². The smallest absolute Gasteiger partial charge is 0.320 e. The van der Waals surface area contributed by atoms with Gasteiger partial charge in [-0.25, -0.2) is 4.79 Å². The summed E-state index contributed by atoms with van der Waals surface area (Å²) in [6, 6.07) is 0.0819. The van der Waals surface area contributed by atoms with Gasteiger partial charge in [-0.15, -0.1) is 0 Å². The molecule has 88 valence electrons. The Labute approximate surface area is 91.9 Å². The van der Waals surface area contributed by atoms with Crippen LogP contribution in [0, 0.1) is 5.92 Å². The number of urea groups is 1. The van der Waals surface area contributed by atoms with E-state index in [1.807, 2.05) is 11.8 Å². The molecule has 1 N–H and O–H groups in total. The first-order chi connectivity index (χ1) is 7.19. The van der Waals surface area contributed by atoms with Crippen molar-refractivity contribution in [3.8, 4) is 0 Å². The maximum absolute atomic E-state index is 12.0. The van der Waals surface area contributed by atoms with E-state index < -0.39 is 0 Å². The van der Waals surface area contributed by atoms with E-state index in [9.17, 15) is 4.79 Å². The highest BCUT2D eigenvalue weighted by Gasteiger charge is 2.23. The van der Waals surface area contributed by atoms with E-state index >= 15 is 0 Å². The molecule has 1 saturated heterocycles. The SMILES string of the molecule is CCN(CCO)C(=O)N1CCC(C)CC1. The molecule has 1 aliphatic rings. The normalized spacial score (nSPS) is 17.9. The van der Waals surface area contributed by atoms with Crippen molar-refractivity contribution in [3.05, 3.63) is 0 Å². The summed E-state index contributed by atoms with van der Waals surface area (Å²) in [5, 5.41) is 8.84. The molecule has 0 radical (unpaired) electrons. The highest BCUT2D eigenvalue weighted by atomic mass is 16.3. The molecular formula is C11H22N2O2. The van der Waals surface area contributed by atoms with Crippen LogP contribution in [0.15, 0.2) is 0 Å². The van der Waals surface area contributed by atoms with Gasteiger partial charge in [-0.05, 0) is 25.7 Å². The van der Waals surface area contributed by atoms with Gasteiger partial charge in [-0.3, -0.25) is 0 Å². The number of amides is 2. The molecule has 0 spiro atoms. The first-order valence-corrected chi connectivity index (χ1v) is 5.83. The summed E-state index contributed by atoms with van der Waals surface area (Å²) in [5.74, 6) is 0.738. The second kappa shape index (κ2) is 5.95. The molecule has 0 aliphatic carbocycles. The lowest BCUT2D eigenvalue weighted by molar-refractivity contribution is 0.127. The topological polar surface area (TPSA) is 43.8 Å². The van der Waals surface area contributed by atoms with Gasteiger partial charge in [-0.1, -0.05) is 6.92 Å². The van der Waals surface area contributed by atoms with E-state index in [1.54, 1.807) is 4.90 Å². The van der Waals surface area contributed by atoms with Crippen molar-refractivity contribution in [1.29, 1.82) is 0 Å². The third-order valence-electron chi connectivity index (χ3n) is 3.08. The molecule has 1 fully saturated rings. The Bertz CT molecular complexity index is 201. The third-order valence-corrected chi connectivity index (χ3v) is 3.08. The first-order valence-electron chi connectivity index (χ1n) is 5.83. The van der Waals surface area contributed by atoms with Gasteiger partial charge in [0.05, 0.1) is 6.61 Å². The second-order valence-electron chi connectivity index (χ2n) is 4.26. The summed E-state index contributed by atoms with van der Waals surface area (Å²) in [6.45, 7) is 7.06. The zero-order chi connectivity index (χ0) is 11.3. The van der Waals surface area contributed by atoms with Crippen LogP contribution in [0.3, 0.4) is 0 Å². The lowest BCUT2D eigenvalue weighted by atomic mass is 10.00. The number of hydrogen-bond acceptors (Lipinski definition) is 2. The maximum atomic E-state index is 12.0. The van der Waals surface area contributed by atoms with Gasteiger partial charge >= 0.3 is 6.03 Å². The first kappa shape index (κ1) is 12.3. The van der Waals surface area contributed by atoms with Crippen molar-refractivity contribution in [3.63, 3.8) is 0 Å². The van der Waals surface area contributed by atoms with Crippen molar-refractivity contribution >= 4 is 6.03 Å². The van der Waals surface area contributed by atoms with Crippen LogP contribution in [-0.2, 0) is 0 Å². The van der Waals surface area contributed by atoms with Gasteiger partial charge in [0.2, 0.25) is 0 Å². The number of piperidine rings is 1. The third kappa shape index (κ3) is 3.38. The molecule has 2 amide bonds. The Kier molecular flexibility index (Phi) is 4.88. The molecule has 0 aromatic rings. The van der Waals surface area contributed by atoms with Crippen molar-refractivity contribution in [1.82, 2.24) is 9.80 Å². The zero-order valence-electron chi connectivity index (χ0n) is 9.78. The maximum Gasteiger partial charge on any atom is 0.320 e. The molecule has 1 rings (SSSR count). The quantitative estimate of drug-likeness (QED) is 0.766. The minimum absolute atomic E-state index is 0.0455. The van der Waals surface area contributed by atoms with Crippen LogP contribution in [-0.4, -0.2) is 53.7 Å². The summed E-state index contributed by atoms with van der Waals surface area (Å²) in [5.41, 5.74) is 0. The highest BCUT2D eigenvalue weighted by Crippen LogP contribution is 2.17. The van der Waals surface area contributed by atoms with E-state index in [1.165, 1.54) is 0 Å². The number of hydrogen-bond donors (Lipinski definition) is 1. The Morgan fingerprint density at radius 1 is 1.47 bits per heavy atom. The summed E-state index contributed by atoms with van der Waals surface area (Å²) in [7, 11) is 0. The van der Waals surface area contributed by atoms with Gasteiger partial charge in [0.25, 0.3) is 0 Å². The highest BCUT2D eigenvalue weighted by molar-refractivity contribution is 5.74. The summed E-state index contributed by atoms with van der Waals surface area (Å²) >= 11 is 0. The van der Waals surface area contributed by atoms with E-state index in [2.05, 4.69) is 6.92 Å². The average Bonchev–Trinajstić information content (AvgIpc) is 2.26. The minimum Gasteiger partial charge on any atom is -0.395 e. The van der Waals surface area contributed by atoms with Crippen molar-refractivity contribution in [2.75, 3.05) is 32.8 Å². The van der Waals surface area contributed by atoms with Crippen LogP contribution in [0.2, 0.25) is 0 Å². The lowest BCUT2D eigenvalue weighted by Gasteiger charge is -2.34. The number of carbonyl (C=O) groups is 1. The second-order valence-corrected chi connectivity index (χ2v) is 4.26. The molecule has 4 nitrogen and oxygen atoms in total. The molecule has 1 heterocycles. The molecule has 0 atom stereocenters. The predicted octanol–water partition coefficient (Wildman–Crippen LogP) is 1.15. The lowest BCUT2D eigenvalue weighted by Crippen LogP contribution is -2.47. The fraction of sp³-hybridized carbons (Fsp3) is 0.909. The molecular weight excluding hydrogens is 192 g/mol. The predicted molar refractivity (Wildman–Crippen MR) is 59.7 cm³/mol. The van der Waals surface area contributed by atoms with Crippen LogP contribution < -0.4 is 0 Å². The minimum atomic E-state index is 0.0455. The average molecular weight is 214 g/mol. The number of likely N-dealkylation sites (tertiary alicyclic amines) is 1. The number of rotatable bonds is 3. The van der Waals surface area contributed by atoms with Crippen molar-refractivity contribution < 1.29 is 9.90 Å². The summed E-state index contributed by atoms with van der Waals surface area (Å²) < 4.78 is 0. The molecule has 0 saturated carbocycles. The van der Waals surface area contributed by atoms with Crippen LogP contribution in [0.1, 0.15) is 26.7 Å². The van der Waals surface area contributed by atoms with E-state index in [0.717, 1.165) is 31.8 Å². The number of aliphatic hydroxyl groups excluding tert-OH is 1. The Morgan fingerprint density at radius 3 is 2.53 bits per heavy atom. The van der Waals surface area contributed by atoms with Crippen LogP contribution >= 0.6 is 0 Å². The Balaban J connectivity index is 2.44. The van der Waals surface area contributed by atoms with Gasteiger partial charge in [-0.2, -0.15) is 0 Å². The standard InChI is InChI=1S/C11H22N2O2/c1-3-12(8-9-14)11(15)13-6-4-10(2)5-7-13/h10,14H,3-9H2,1-2H3. The summed E-state index contributed by atoms with van der Waals surface area (Å²) in [6.07, 6.45) is 2.20. The molecule has 15 heavy (non-hydrogen) atoms. The van der Waals surface area contributed by atoms with Gasteiger partial charge in [0.15, 0.2) is 0 Å². The van der Waals surface area contributed by atoms with E-state index in [4.69, 9.17) is 5.11 Å². The van der Waals surface area contributed by atoms with Crippen LogP contribution in [0.4, 0.5) is 4.79 Å². The molecule has 0 bridgehead atoms. The Morgan fingerprint density at radius 2 is 2.07 bits per heavy atom. The van der Waals surface area contributed by atoms with Gasteiger partial charge in [0.1, 0.15) is 0 Å². The van der Waals surface area contributed by atoms with Crippen LogP contribution in [0.5, 0.6) is 0 Å². The largest absolute Gasteiger partial charge is 0.395 e.